The van der Waals surface area contributed by atoms with Gasteiger partial charge in [0.1, 0.15) is 11.8 Å². The van der Waals surface area contributed by atoms with E-state index in [4.69, 9.17) is 10.5 Å². The summed E-state index contributed by atoms with van der Waals surface area (Å²) in [5.41, 5.74) is 7.07. The SMILES string of the molecule is N#CC1=C(N)Oc2ccccc2C1CC(=O)N1CCCCC1. The Morgan fingerprint density at radius 1 is 1.32 bits per heavy atom. The second-order valence-electron chi connectivity index (χ2n) is 5.73. The number of carbonyl (C=O) groups is 1. The van der Waals surface area contributed by atoms with Gasteiger partial charge < -0.3 is 15.4 Å². The zero-order chi connectivity index (χ0) is 15.5. The minimum Gasteiger partial charge on any atom is -0.440 e. The Balaban J connectivity index is 1.87. The van der Waals surface area contributed by atoms with Crippen LogP contribution in [0.2, 0.25) is 0 Å². The van der Waals surface area contributed by atoms with Crippen LogP contribution in [0.5, 0.6) is 5.75 Å². The van der Waals surface area contributed by atoms with E-state index in [-0.39, 0.29) is 24.1 Å². The second-order valence-corrected chi connectivity index (χ2v) is 5.73. The van der Waals surface area contributed by atoms with Crippen LogP contribution in [0.15, 0.2) is 35.7 Å². The summed E-state index contributed by atoms with van der Waals surface area (Å²) in [6, 6.07) is 9.56. The van der Waals surface area contributed by atoms with Gasteiger partial charge in [-0.25, -0.2) is 0 Å². The Kier molecular flexibility index (Phi) is 4.01. The minimum atomic E-state index is -0.315. The molecule has 3 rings (SSSR count). The zero-order valence-corrected chi connectivity index (χ0v) is 12.4. The summed E-state index contributed by atoms with van der Waals surface area (Å²) in [5, 5.41) is 9.39. The molecule has 1 saturated heterocycles. The van der Waals surface area contributed by atoms with E-state index in [0.29, 0.717) is 11.3 Å². The molecule has 22 heavy (non-hydrogen) atoms. The smallest absolute Gasteiger partial charge is 0.223 e. The molecule has 0 radical (unpaired) electrons. The van der Waals surface area contributed by atoms with Gasteiger partial charge in [0.25, 0.3) is 0 Å². The highest BCUT2D eigenvalue weighted by atomic mass is 16.5. The number of nitrogens with zero attached hydrogens (tertiary/aromatic N) is 2. The lowest BCUT2D eigenvalue weighted by Crippen LogP contribution is -2.37. The van der Waals surface area contributed by atoms with Crippen LogP contribution in [-0.2, 0) is 4.79 Å². The average molecular weight is 297 g/mol. The third kappa shape index (κ3) is 2.64. The normalized spacial score (nSPS) is 20.9. The number of hydrogen-bond donors (Lipinski definition) is 1. The summed E-state index contributed by atoms with van der Waals surface area (Å²) >= 11 is 0. The highest BCUT2D eigenvalue weighted by molar-refractivity contribution is 5.78. The molecule has 2 aliphatic heterocycles. The van der Waals surface area contributed by atoms with Crippen LogP contribution < -0.4 is 10.5 Å². The molecule has 0 bridgehead atoms. The number of benzene rings is 1. The van der Waals surface area contributed by atoms with Crippen molar-refractivity contribution in [1.82, 2.24) is 4.90 Å². The van der Waals surface area contributed by atoms with E-state index in [1.54, 1.807) is 0 Å². The van der Waals surface area contributed by atoms with Gasteiger partial charge >= 0.3 is 0 Å². The summed E-state index contributed by atoms with van der Waals surface area (Å²) in [7, 11) is 0. The molecule has 114 valence electrons. The van der Waals surface area contributed by atoms with E-state index in [1.807, 2.05) is 29.2 Å². The lowest BCUT2D eigenvalue weighted by atomic mass is 9.86. The van der Waals surface area contributed by atoms with Crippen LogP contribution in [0.4, 0.5) is 0 Å². The number of allylic oxidation sites excluding steroid dienone is 1. The van der Waals surface area contributed by atoms with Gasteiger partial charge in [0, 0.05) is 31.0 Å². The number of ether oxygens (including phenoxy) is 1. The predicted octanol–water partition coefficient (Wildman–Crippen LogP) is 2.26. The fourth-order valence-corrected chi connectivity index (χ4v) is 3.15. The molecule has 1 aromatic carbocycles. The number of nitriles is 1. The summed E-state index contributed by atoms with van der Waals surface area (Å²) in [5.74, 6) is 0.513. The number of carbonyl (C=O) groups excluding carboxylic acids is 1. The number of hydrogen-bond acceptors (Lipinski definition) is 4. The van der Waals surface area contributed by atoms with Gasteiger partial charge in [-0.05, 0) is 25.3 Å². The van der Waals surface area contributed by atoms with Gasteiger partial charge in [-0.2, -0.15) is 5.26 Å². The minimum absolute atomic E-state index is 0.0851. The number of nitrogens with two attached hydrogens (primary N) is 1. The van der Waals surface area contributed by atoms with Gasteiger partial charge in [0.05, 0.1) is 5.57 Å². The van der Waals surface area contributed by atoms with Crippen molar-refractivity contribution in [3.63, 3.8) is 0 Å². The van der Waals surface area contributed by atoms with Gasteiger partial charge in [-0.1, -0.05) is 18.2 Å². The maximum Gasteiger partial charge on any atom is 0.223 e. The van der Waals surface area contributed by atoms with E-state index in [2.05, 4.69) is 6.07 Å². The Hall–Kier alpha value is -2.48. The van der Waals surface area contributed by atoms with Crippen molar-refractivity contribution >= 4 is 5.91 Å². The van der Waals surface area contributed by atoms with E-state index < -0.39 is 0 Å². The van der Waals surface area contributed by atoms with Crippen molar-refractivity contribution in [3.05, 3.63) is 41.3 Å². The lowest BCUT2D eigenvalue weighted by Gasteiger charge is -2.30. The van der Waals surface area contributed by atoms with Crippen molar-refractivity contribution in [1.29, 1.82) is 5.26 Å². The van der Waals surface area contributed by atoms with Crippen molar-refractivity contribution in [3.8, 4) is 11.8 Å². The van der Waals surface area contributed by atoms with E-state index in [9.17, 15) is 10.1 Å². The molecule has 5 nitrogen and oxygen atoms in total. The summed E-state index contributed by atoms with van der Waals surface area (Å²) in [6.45, 7) is 1.62. The summed E-state index contributed by atoms with van der Waals surface area (Å²) in [6.07, 6.45) is 3.56. The standard InChI is InChI=1S/C17H19N3O2/c18-11-14-13(10-16(21)20-8-4-1-5-9-20)12-6-2-3-7-15(12)22-17(14)19/h2-3,6-7,13H,1,4-5,8-10,19H2. The van der Waals surface area contributed by atoms with Crippen LogP contribution >= 0.6 is 0 Å². The molecule has 1 atom stereocenters. The Labute approximate surface area is 130 Å². The number of rotatable bonds is 2. The van der Waals surface area contributed by atoms with E-state index >= 15 is 0 Å². The Morgan fingerprint density at radius 2 is 2.05 bits per heavy atom. The summed E-state index contributed by atoms with van der Waals surface area (Å²) < 4.78 is 5.50. The molecule has 5 heteroatoms. The Morgan fingerprint density at radius 3 is 2.77 bits per heavy atom. The number of piperidine rings is 1. The summed E-state index contributed by atoms with van der Waals surface area (Å²) in [4.78, 5) is 14.5. The second kappa shape index (κ2) is 6.10. The van der Waals surface area contributed by atoms with Gasteiger partial charge in [0.15, 0.2) is 0 Å². The van der Waals surface area contributed by atoms with E-state index in [1.165, 1.54) is 6.42 Å². The lowest BCUT2D eigenvalue weighted by molar-refractivity contribution is -0.132. The van der Waals surface area contributed by atoms with Crippen LogP contribution in [0.25, 0.3) is 0 Å². The van der Waals surface area contributed by atoms with Gasteiger partial charge in [-0.3, -0.25) is 4.79 Å². The van der Waals surface area contributed by atoms with Crippen molar-refractivity contribution in [2.24, 2.45) is 5.73 Å². The first kappa shape index (κ1) is 14.5. The fraction of sp³-hybridized carbons (Fsp3) is 0.412. The average Bonchev–Trinajstić information content (AvgIpc) is 2.55. The molecular weight excluding hydrogens is 278 g/mol. The van der Waals surface area contributed by atoms with Gasteiger partial charge in [-0.15, -0.1) is 0 Å². The molecule has 0 spiro atoms. The molecular formula is C17H19N3O2. The molecule has 0 aromatic heterocycles. The maximum absolute atomic E-state index is 12.6. The predicted molar refractivity (Wildman–Crippen MR) is 81.7 cm³/mol. The third-order valence-electron chi connectivity index (χ3n) is 4.34. The number of amides is 1. The topological polar surface area (TPSA) is 79.4 Å². The highest BCUT2D eigenvalue weighted by Gasteiger charge is 2.32. The van der Waals surface area contributed by atoms with Crippen LogP contribution in [0.3, 0.4) is 0 Å². The first-order valence-electron chi connectivity index (χ1n) is 7.65. The maximum atomic E-state index is 12.6. The van der Waals surface area contributed by atoms with Crippen molar-refractivity contribution in [2.75, 3.05) is 13.1 Å². The van der Waals surface area contributed by atoms with Crippen molar-refractivity contribution < 1.29 is 9.53 Å². The molecule has 2 N–H and O–H groups in total. The molecule has 2 aliphatic rings. The largest absolute Gasteiger partial charge is 0.440 e. The van der Waals surface area contributed by atoms with Gasteiger partial charge in [0.2, 0.25) is 11.8 Å². The van der Waals surface area contributed by atoms with Crippen LogP contribution in [0, 0.1) is 11.3 Å². The molecule has 2 heterocycles. The molecule has 1 aromatic rings. The third-order valence-corrected chi connectivity index (χ3v) is 4.34. The number of para-hydroxylation sites is 1. The molecule has 1 fully saturated rings. The first-order valence-corrected chi connectivity index (χ1v) is 7.65. The first-order chi connectivity index (χ1) is 10.7. The van der Waals surface area contributed by atoms with Crippen LogP contribution in [0.1, 0.15) is 37.2 Å². The molecule has 1 amide bonds. The highest BCUT2D eigenvalue weighted by Crippen LogP contribution is 2.39. The molecule has 0 aliphatic carbocycles. The monoisotopic (exact) mass is 297 g/mol. The zero-order valence-electron chi connectivity index (χ0n) is 12.4. The number of likely N-dealkylation sites (tertiary alicyclic amines) is 1. The fourth-order valence-electron chi connectivity index (χ4n) is 3.15. The van der Waals surface area contributed by atoms with Crippen molar-refractivity contribution in [2.45, 2.75) is 31.6 Å². The van der Waals surface area contributed by atoms with E-state index in [0.717, 1.165) is 31.5 Å². The quantitative estimate of drug-likeness (QED) is 0.908. The van der Waals surface area contributed by atoms with Crippen LogP contribution in [-0.4, -0.2) is 23.9 Å². The molecule has 1 unspecified atom stereocenters. The number of fused-ring (bicyclic) bond motifs is 1. The Bertz CT molecular complexity index is 654. The molecule has 0 saturated carbocycles.